The van der Waals surface area contributed by atoms with Gasteiger partial charge in [0.2, 0.25) is 0 Å². The first kappa shape index (κ1) is 19.8. The summed E-state index contributed by atoms with van der Waals surface area (Å²) in [6, 6.07) is 15.3. The predicted molar refractivity (Wildman–Crippen MR) is 104 cm³/mol. The molecular formula is C21H28N2O3. The van der Waals surface area contributed by atoms with Crippen LogP contribution in [-0.4, -0.2) is 37.1 Å². The van der Waals surface area contributed by atoms with Gasteiger partial charge in [-0.15, -0.1) is 0 Å². The topological polar surface area (TPSA) is 64.8 Å². The van der Waals surface area contributed by atoms with Crippen LogP contribution in [0.4, 0.5) is 0 Å². The average molecular weight is 356 g/mol. The second-order valence-electron chi connectivity index (χ2n) is 6.39. The molecule has 0 aliphatic carbocycles. The first-order valence-electron chi connectivity index (χ1n) is 8.93. The third-order valence-electron chi connectivity index (χ3n) is 3.91. The summed E-state index contributed by atoms with van der Waals surface area (Å²) < 4.78 is 11.1. The van der Waals surface area contributed by atoms with Crippen molar-refractivity contribution in [3.05, 3.63) is 59.7 Å². The lowest BCUT2D eigenvalue weighted by atomic mass is 10.1. The Morgan fingerprint density at radius 1 is 1.12 bits per heavy atom. The Balaban J connectivity index is 2.23. The van der Waals surface area contributed by atoms with Crippen molar-refractivity contribution in [2.45, 2.75) is 32.9 Å². The number of nitrogens with two attached hydrogens (primary N) is 1. The normalized spacial score (nSPS) is 10.7. The number of carbonyl (C=O) groups excluding carboxylic acids is 1. The Hall–Kier alpha value is -2.53. The van der Waals surface area contributed by atoms with E-state index in [4.69, 9.17) is 15.2 Å². The van der Waals surface area contributed by atoms with Crippen LogP contribution in [0.25, 0.3) is 0 Å². The molecule has 0 heterocycles. The number of rotatable bonds is 9. The molecule has 0 spiro atoms. The minimum absolute atomic E-state index is 0.0320. The van der Waals surface area contributed by atoms with E-state index in [9.17, 15) is 4.79 Å². The maximum atomic E-state index is 13.0. The van der Waals surface area contributed by atoms with E-state index in [1.54, 1.807) is 25.3 Å². The lowest BCUT2D eigenvalue weighted by Gasteiger charge is -2.23. The first-order valence-corrected chi connectivity index (χ1v) is 8.93. The quantitative estimate of drug-likeness (QED) is 0.747. The molecule has 0 saturated carbocycles. The largest absolute Gasteiger partial charge is 0.493 e. The Bertz CT molecular complexity index is 702. The highest BCUT2D eigenvalue weighted by atomic mass is 16.5. The van der Waals surface area contributed by atoms with E-state index >= 15 is 0 Å². The van der Waals surface area contributed by atoms with Gasteiger partial charge in [-0.2, -0.15) is 0 Å². The van der Waals surface area contributed by atoms with Gasteiger partial charge in [0.05, 0.1) is 13.2 Å². The van der Waals surface area contributed by atoms with Crippen LogP contribution in [-0.2, 0) is 6.54 Å². The molecule has 2 rings (SSSR count). The number of ether oxygens (including phenoxy) is 2. The zero-order chi connectivity index (χ0) is 18.9. The van der Waals surface area contributed by atoms with Gasteiger partial charge in [0.25, 0.3) is 5.91 Å². The van der Waals surface area contributed by atoms with Gasteiger partial charge < -0.3 is 20.1 Å². The molecule has 0 unspecified atom stereocenters. The average Bonchev–Trinajstić information content (AvgIpc) is 2.65. The van der Waals surface area contributed by atoms with E-state index in [0.29, 0.717) is 36.7 Å². The van der Waals surface area contributed by atoms with Gasteiger partial charge in [-0.05, 0) is 50.6 Å². The van der Waals surface area contributed by atoms with Crippen molar-refractivity contribution in [3.63, 3.8) is 0 Å². The molecule has 26 heavy (non-hydrogen) atoms. The number of nitrogens with zero attached hydrogens (tertiary/aromatic N) is 1. The second-order valence-corrected chi connectivity index (χ2v) is 6.39. The minimum Gasteiger partial charge on any atom is -0.493 e. The number of amides is 1. The fraction of sp³-hybridized carbons (Fsp3) is 0.381. The lowest BCUT2D eigenvalue weighted by Crippen LogP contribution is -2.32. The summed E-state index contributed by atoms with van der Waals surface area (Å²) in [5.74, 6) is 1.15. The first-order chi connectivity index (χ1) is 12.5. The summed E-state index contributed by atoms with van der Waals surface area (Å²) >= 11 is 0. The number of methoxy groups -OCH3 is 1. The van der Waals surface area contributed by atoms with Crippen LogP contribution in [0.15, 0.2) is 48.5 Å². The molecule has 0 fully saturated rings. The fourth-order valence-electron chi connectivity index (χ4n) is 2.67. The van der Waals surface area contributed by atoms with Gasteiger partial charge in [0, 0.05) is 18.7 Å². The molecule has 0 aliphatic rings. The van der Waals surface area contributed by atoms with Crippen molar-refractivity contribution in [2.75, 3.05) is 20.2 Å². The van der Waals surface area contributed by atoms with Gasteiger partial charge in [0.15, 0.2) is 11.5 Å². The van der Waals surface area contributed by atoms with Gasteiger partial charge >= 0.3 is 0 Å². The van der Waals surface area contributed by atoms with E-state index in [1.807, 2.05) is 49.1 Å². The summed E-state index contributed by atoms with van der Waals surface area (Å²) in [6.45, 7) is 5.60. The predicted octanol–water partition coefficient (Wildman–Crippen LogP) is 3.47. The molecule has 5 nitrogen and oxygen atoms in total. The van der Waals surface area contributed by atoms with Gasteiger partial charge in [0.1, 0.15) is 0 Å². The van der Waals surface area contributed by atoms with Crippen molar-refractivity contribution < 1.29 is 14.3 Å². The van der Waals surface area contributed by atoms with Crippen LogP contribution in [0.1, 0.15) is 36.2 Å². The zero-order valence-electron chi connectivity index (χ0n) is 15.8. The van der Waals surface area contributed by atoms with Crippen LogP contribution in [0, 0.1) is 0 Å². The summed E-state index contributed by atoms with van der Waals surface area (Å²) in [5.41, 5.74) is 7.31. The summed E-state index contributed by atoms with van der Waals surface area (Å²) in [4.78, 5) is 14.9. The van der Waals surface area contributed by atoms with Gasteiger partial charge in [-0.25, -0.2) is 0 Å². The van der Waals surface area contributed by atoms with E-state index < -0.39 is 0 Å². The Morgan fingerprint density at radius 2 is 1.85 bits per heavy atom. The molecular weight excluding hydrogens is 328 g/mol. The van der Waals surface area contributed by atoms with Gasteiger partial charge in [-0.3, -0.25) is 4.79 Å². The molecule has 140 valence electrons. The molecule has 0 radical (unpaired) electrons. The number of benzene rings is 2. The molecule has 5 heteroatoms. The maximum Gasteiger partial charge on any atom is 0.254 e. The van der Waals surface area contributed by atoms with E-state index in [2.05, 4.69) is 0 Å². The lowest BCUT2D eigenvalue weighted by molar-refractivity contribution is 0.0742. The molecule has 0 aliphatic heterocycles. The van der Waals surface area contributed by atoms with Crippen molar-refractivity contribution in [1.82, 2.24) is 4.90 Å². The van der Waals surface area contributed by atoms with Crippen LogP contribution in [0.3, 0.4) is 0 Å². The van der Waals surface area contributed by atoms with Crippen LogP contribution in [0.2, 0.25) is 0 Å². The molecule has 0 saturated heterocycles. The van der Waals surface area contributed by atoms with Crippen LogP contribution in [0.5, 0.6) is 11.5 Å². The van der Waals surface area contributed by atoms with Crippen LogP contribution >= 0.6 is 0 Å². The standard InChI is InChI=1S/C21H28N2O3/c1-16(2)26-19-11-10-18(14-20(19)25-3)21(24)23(13-7-12-22)15-17-8-5-4-6-9-17/h4-6,8-11,14,16H,7,12-13,15,22H2,1-3H3. The number of hydrogen-bond acceptors (Lipinski definition) is 4. The third kappa shape index (κ3) is 5.49. The van der Waals surface area contributed by atoms with Crippen molar-refractivity contribution >= 4 is 5.91 Å². The van der Waals surface area contributed by atoms with Crippen molar-refractivity contribution in [3.8, 4) is 11.5 Å². The molecule has 2 aromatic rings. The summed E-state index contributed by atoms with van der Waals surface area (Å²) in [5, 5.41) is 0. The number of hydrogen-bond donors (Lipinski definition) is 1. The molecule has 1 amide bonds. The van der Waals surface area contributed by atoms with Crippen molar-refractivity contribution in [1.29, 1.82) is 0 Å². The SMILES string of the molecule is COc1cc(C(=O)N(CCCN)Cc2ccccc2)ccc1OC(C)C. The molecule has 2 aromatic carbocycles. The Kier molecular flexibility index (Phi) is 7.48. The second kappa shape index (κ2) is 9.82. The Labute approximate surface area is 155 Å². The zero-order valence-corrected chi connectivity index (χ0v) is 15.8. The van der Waals surface area contributed by atoms with E-state index in [-0.39, 0.29) is 12.0 Å². The number of carbonyl (C=O) groups is 1. The highest BCUT2D eigenvalue weighted by Crippen LogP contribution is 2.29. The van der Waals surface area contributed by atoms with Crippen LogP contribution < -0.4 is 15.2 Å². The monoisotopic (exact) mass is 356 g/mol. The third-order valence-corrected chi connectivity index (χ3v) is 3.91. The van der Waals surface area contributed by atoms with Gasteiger partial charge in [-0.1, -0.05) is 30.3 Å². The molecule has 0 bridgehead atoms. The summed E-state index contributed by atoms with van der Waals surface area (Å²) in [6.07, 6.45) is 0.786. The fourth-order valence-corrected chi connectivity index (χ4v) is 2.67. The van der Waals surface area contributed by atoms with Crippen molar-refractivity contribution in [2.24, 2.45) is 5.73 Å². The molecule has 2 N–H and O–H groups in total. The smallest absolute Gasteiger partial charge is 0.254 e. The maximum absolute atomic E-state index is 13.0. The summed E-state index contributed by atoms with van der Waals surface area (Å²) in [7, 11) is 1.58. The molecule has 0 atom stereocenters. The Morgan fingerprint density at radius 3 is 2.46 bits per heavy atom. The minimum atomic E-state index is -0.0447. The highest BCUT2D eigenvalue weighted by Gasteiger charge is 2.18. The van der Waals surface area contributed by atoms with E-state index in [1.165, 1.54) is 0 Å². The highest BCUT2D eigenvalue weighted by molar-refractivity contribution is 5.95. The molecule has 0 aromatic heterocycles. The van der Waals surface area contributed by atoms with E-state index in [0.717, 1.165) is 12.0 Å².